The van der Waals surface area contributed by atoms with Gasteiger partial charge in [0.05, 0.1) is 28.6 Å². The zero-order valence-corrected chi connectivity index (χ0v) is 22.3. The second-order valence-electron chi connectivity index (χ2n) is 7.10. The lowest BCUT2D eigenvalue weighted by atomic mass is 10.4. The van der Waals surface area contributed by atoms with Gasteiger partial charge in [-0.15, -0.1) is 90.7 Å². The molecule has 0 bridgehead atoms. The third-order valence-electron chi connectivity index (χ3n) is 5.19. The molecule has 0 saturated carbocycles. The standard InChI is InChI=1S/C22H8N2S8/c1-3-25-17-9(1)27-13-5-11(29-19(13)17)15-7-23-21(31-15)22-24-8-16(32-22)12-6-14-20(30-12)18-10(28-14)2-4-26-18/h1-8H. The van der Waals surface area contributed by atoms with Crippen molar-refractivity contribution in [3.05, 3.63) is 47.4 Å². The molecule has 0 aliphatic heterocycles. The molecule has 0 N–H and O–H groups in total. The Morgan fingerprint density at radius 1 is 0.469 bits per heavy atom. The Morgan fingerprint density at radius 3 is 1.47 bits per heavy atom. The molecular formula is C22H8N2S8. The third kappa shape index (κ3) is 2.75. The van der Waals surface area contributed by atoms with E-state index in [-0.39, 0.29) is 0 Å². The second kappa shape index (κ2) is 7.00. The van der Waals surface area contributed by atoms with E-state index in [9.17, 15) is 0 Å². The minimum Gasteiger partial charge on any atom is -0.241 e. The van der Waals surface area contributed by atoms with E-state index < -0.39 is 0 Å². The van der Waals surface area contributed by atoms with E-state index in [1.807, 2.05) is 80.4 Å². The number of thiophene rings is 6. The number of fused-ring (bicyclic) bond motifs is 6. The molecule has 0 fully saturated rings. The highest BCUT2D eigenvalue weighted by molar-refractivity contribution is 7.40. The highest BCUT2D eigenvalue weighted by atomic mass is 32.1. The predicted molar refractivity (Wildman–Crippen MR) is 151 cm³/mol. The Balaban J connectivity index is 1.15. The largest absolute Gasteiger partial charge is 0.241 e. The molecule has 0 unspecified atom stereocenters. The second-order valence-corrected chi connectivity index (χ2v) is 15.3. The molecule has 8 aromatic rings. The Kier molecular flexibility index (Phi) is 4.13. The lowest BCUT2D eigenvalue weighted by molar-refractivity contribution is 1.36. The molecule has 0 atom stereocenters. The van der Waals surface area contributed by atoms with Crippen molar-refractivity contribution in [3.8, 4) is 29.5 Å². The van der Waals surface area contributed by atoms with Gasteiger partial charge in [0.25, 0.3) is 0 Å². The van der Waals surface area contributed by atoms with Crippen LogP contribution in [0.5, 0.6) is 0 Å². The Hall–Kier alpha value is -1.50. The van der Waals surface area contributed by atoms with Crippen LogP contribution in [0.15, 0.2) is 47.4 Å². The summed E-state index contributed by atoms with van der Waals surface area (Å²) in [5.41, 5.74) is 0. The molecule has 0 spiro atoms. The molecule has 0 aromatic carbocycles. The van der Waals surface area contributed by atoms with Gasteiger partial charge in [-0.05, 0) is 35.0 Å². The smallest absolute Gasteiger partial charge is 0.152 e. The normalized spacial score (nSPS) is 12.4. The lowest BCUT2D eigenvalue weighted by Gasteiger charge is -1.89. The summed E-state index contributed by atoms with van der Waals surface area (Å²) in [5.74, 6) is 0. The topological polar surface area (TPSA) is 25.8 Å². The summed E-state index contributed by atoms with van der Waals surface area (Å²) in [6.07, 6.45) is 4.02. The summed E-state index contributed by atoms with van der Waals surface area (Å²) < 4.78 is 11.2. The summed E-state index contributed by atoms with van der Waals surface area (Å²) in [5, 5.41) is 6.39. The summed E-state index contributed by atoms with van der Waals surface area (Å²) in [6, 6.07) is 9.10. The molecule has 0 aliphatic rings. The van der Waals surface area contributed by atoms with Gasteiger partial charge >= 0.3 is 0 Å². The highest BCUT2D eigenvalue weighted by Crippen LogP contribution is 2.48. The Labute approximate surface area is 213 Å². The van der Waals surface area contributed by atoms with Gasteiger partial charge in [0.15, 0.2) is 10.0 Å². The van der Waals surface area contributed by atoms with Gasteiger partial charge in [-0.25, -0.2) is 9.97 Å². The molecule has 0 radical (unpaired) electrons. The predicted octanol–water partition coefficient (Wildman–Crippen LogP) is 10.6. The first kappa shape index (κ1) is 18.9. The Morgan fingerprint density at radius 2 is 0.969 bits per heavy atom. The van der Waals surface area contributed by atoms with Gasteiger partial charge in [-0.1, -0.05) is 0 Å². The van der Waals surface area contributed by atoms with Crippen LogP contribution in [-0.4, -0.2) is 9.97 Å². The maximum Gasteiger partial charge on any atom is 0.152 e. The zero-order chi connectivity index (χ0) is 20.8. The molecule has 8 heterocycles. The van der Waals surface area contributed by atoms with E-state index >= 15 is 0 Å². The fourth-order valence-electron chi connectivity index (χ4n) is 3.76. The van der Waals surface area contributed by atoms with Crippen LogP contribution < -0.4 is 0 Å². The fraction of sp³-hybridized carbons (Fsp3) is 0. The summed E-state index contributed by atoms with van der Waals surface area (Å²) >= 11 is 14.7. The van der Waals surface area contributed by atoms with Gasteiger partial charge in [-0.2, -0.15) is 0 Å². The molecule has 154 valence electrons. The average Bonchev–Trinajstić information content (AvgIpc) is 3.60. The minimum atomic E-state index is 1.01. The van der Waals surface area contributed by atoms with Gasteiger partial charge in [-0.3, -0.25) is 0 Å². The average molecular weight is 557 g/mol. The molecule has 0 amide bonds. The van der Waals surface area contributed by atoms with Crippen molar-refractivity contribution in [1.29, 1.82) is 0 Å². The van der Waals surface area contributed by atoms with Crippen molar-refractivity contribution in [1.82, 2.24) is 9.97 Å². The van der Waals surface area contributed by atoms with E-state index in [2.05, 4.69) is 35.0 Å². The first-order chi connectivity index (χ1) is 15.8. The van der Waals surface area contributed by atoms with Crippen LogP contribution >= 0.6 is 90.7 Å². The van der Waals surface area contributed by atoms with Crippen LogP contribution in [-0.2, 0) is 0 Å². The minimum absolute atomic E-state index is 1.01. The quantitative estimate of drug-likeness (QED) is 0.216. The van der Waals surface area contributed by atoms with E-state index in [1.165, 1.54) is 57.1 Å². The van der Waals surface area contributed by atoms with Crippen molar-refractivity contribution in [3.63, 3.8) is 0 Å². The van der Waals surface area contributed by atoms with Crippen LogP contribution in [0.3, 0.4) is 0 Å². The fourth-order valence-corrected chi connectivity index (χ4v) is 13.3. The molecule has 8 rings (SSSR count). The van der Waals surface area contributed by atoms with E-state index in [0.717, 1.165) is 10.0 Å². The molecule has 0 aliphatic carbocycles. The molecule has 10 heteroatoms. The maximum atomic E-state index is 4.73. The monoisotopic (exact) mass is 556 g/mol. The number of hydrogen-bond acceptors (Lipinski definition) is 10. The highest BCUT2D eigenvalue weighted by Gasteiger charge is 2.17. The SMILES string of the molecule is c1cc2sc3cc(-c4cnc(-c5ncc(-c6cc7sc8ccsc8c7s6)s5)s4)sc3c2s1. The number of rotatable bonds is 3. The van der Waals surface area contributed by atoms with Crippen molar-refractivity contribution >= 4 is 128 Å². The number of aromatic nitrogens is 2. The maximum absolute atomic E-state index is 4.73. The molecule has 8 aromatic heterocycles. The van der Waals surface area contributed by atoms with Crippen LogP contribution in [0.4, 0.5) is 0 Å². The van der Waals surface area contributed by atoms with E-state index in [1.54, 1.807) is 22.7 Å². The lowest BCUT2D eigenvalue weighted by Crippen LogP contribution is -1.68. The van der Waals surface area contributed by atoms with Crippen molar-refractivity contribution in [2.24, 2.45) is 0 Å². The van der Waals surface area contributed by atoms with Gasteiger partial charge in [0, 0.05) is 40.9 Å². The van der Waals surface area contributed by atoms with Crippen LogP contribution in [0.25, 0.3) is 67.1 Å². The molecule has 2 nitrogen and oxygen atoms in total. The first-order valence-corrected chi connectivity index (χ1v) is 16.2. The number of thiazole rings is 2. The van der Waals surface area contributed by atoms with E-state index in [4.69, 9.17) is 9.97 Å². The summed E-state index contributed by atoms with van der Waals surface area (Å²) in [4.78, 5) is 14.5. The molecular weight excluding hydrogens is 549 g/mol. The number of nitrogens with zero attached hydrogens (tertiary/aromatic N) is 2. The molecule has 0 saturated heterocycles. The van der Waals surface area contributed by atoms with Gasteiger partial charge < -0.3 is 0 Å². The number of hydrogen-bond donors (Lipinski definition) is 0. The van der Waals surface area contributed by atoms with Crippen molar-refractivity contribution < 1.29 is 0 Å². The van der Waals surface area contributed by atoms with Gasteiger partial charge in [0.2, 0.25) is 0 Å². The third-order valence-corrected chi connectivity index (χ3v) is 14.9. The first-order valence-electron chi connectivity index (χ1n) is 9.52. The zero-order valence-electron chi connectivity index (χ0n) is 15.8. The van der Waals surface area contributed by atoms with E-state index in [0.29, 0.717) is 0 Å². The summed E-state index contributed by atoms with van der Waals surface area (Å²) in [7, 11) is 0. The van der Waals surface area contributed by atoms with Crippen LogP contribution in [0, 0.1) is 0 Å². The Bertz CT molecular complexity index is 1770. The van der Waals surface area contributed by atoms with Crippen molar-refractivity contribution in [2.75, 3.05) is 0 Å². The van der Waals surface area contributed by atoms with Crippen molar-refractivity contribution in [2.45, 2.75) is 0 Å². The van der Waals surface area contributed by atoms with Crippen LogP contribution in [0.1, 0.15) is 0 Å². The summed E-state index contributed by atoms with van der Waals surface area (Å²) in [6.45, 7) is 0. The van der Waals surface area contributed by atoms with Gasteiger partial charge in [0.1, 0.15) is 0 Å². The van der Waals surface area contributed by atoms with Crippen LogP contribution in [0.2, 0.25) is 0 Å². The molecule has 32 heavy (non-hydrogen) atoms.